The summed E-state index contributed by atoms with van der Waals surface area (Å²) in [5.41, 5.74) is 3.17. The van der Waals surface area contributed by atoms with Crippen LogP contribution in [0.2, 0.25) is 0 Å². The molecule has 28 heavy (non-hydrogen) atoms. The SMILES string of the molecule is COc1ccc(Cn2nnnc2SCc2cc(=O)n3c(C)cccc3n2)cc1. The monoisotopic (exact) mass is 394 g/mol. The molecule has 8 nitrogen and oxygen atoms in total. The predicted molar refractivity (Wildman–Crippen MR) is 106 cm³/mol. The van der Waals surface area contributed by atoms with Crippen molar-refractivity contribution in [2.24, 2.45) is 0 Å². The van der Waals surface area contributed by atoms with Gasteiger partial charge in [-0.05, 0) is 47.2 Å². The third kappa shape index (κ3) is 3.74. The summed E-state index contributed by atoms with van der Waals surface area (Å²) in [5.74, 6) is 1.31. The number of tetrazole rings is 1. The molecule has 4 aromatic rings. The van der Waals surface area contributed by atoms with Crippen LogP contribution in [0.5, 0.6) is 5.75 Å². The van der Waals surface area contributed by atoms with E-state index in [-0.39, 0.29) is 5.56 Å². The average Bonchev–Trinajstić information content (AvgIpc) is 3.14. The lowest BCUT2D eigenvalue weighted by Crippen LogP contribution is -2.17. The molecule has 0 aliphatic carbocycles. The lowest BCUT2D eigenvalue weighted by molar-refractivity contribution is 0.414. The highest BCUT2D eigenvalue weighted by atomic mass is 32.2. The van der Waals surface area contributed by atoms with Crippen LogP contribution in [0.4, 0.5) is 0 Å². The quantitative estimate of drug-likeness (QED) is 0.464. The van der Waals surface area contributed by atoms with Crippen LogP contribution in [-0.2, 0) is 12.3 Å². The minimum absolute atomic E-state index is 0.0866. The molecule has 142 valence electrons. The maximum Gasteiger partial charge on any atom is 0.258 e. The van der Waals surface area contributed by atoms with Gasteiger partial charge in [0.2, 0.25) is 5.16 Å². The first-order valence-corrected chi connectivity index (χ1v) is 9.63. The first-order valence-electron chi connectivity index (χ1n) is 8.64. The van der Waals surface area contributed by atoms with E-state index in [1.54, 1.807) is 22.3 Å². The Morgan fingerprint density at radius 1 is 1.14 bits per heavy atom. The van der Waals surface area contributed by atoms with Gasteiger partial charge in [-0.15, -0.1) is 5.10 Å². The van der Waals surface area contributed by atoms with Gasteiger partial charge >= 0.3 is 0 Å². The number of benzene rings is 1. The van der Waals surface area contributed by atoms with E-state index in [9.17, 15) is 4.79 Å². The standard InChI is InChI=1S/C19H18N6O2S/c1-13-4-3-5-17-20-15(10-18(26)25(13)17)12-28-19-21-22-23-24(19)11-14-6-8-16(27-2)9-7-14/h3-10H,11-12H2,1-2H3. The molecule has 0 saturated heterocycles. The van der Waals surface area contributed by atoms with E-state index in [0.29, 0.717) is 28.8 Å². The fourth-order valence-electron chi connectivity index (χ4n) is 2.88. The van der Waals surface area contributed by atoms with Crippen molar-refractivity contribution in [2.45, 2.75) is 24.4 Å². The Hall–Kier alpha value is -3.20. The molecule has 0 amide bonds. The van der Waals surface area contributed by atoms with Crippen LogP contribution < -0.4 is 10.3 Å². The summed E-state index contributed by atoms with van der Waals surface area (Å²) in [4.78, 5) is 17.0. The van der Waals surface area contributed by atoms with Crippen molar-refractivity contribution in [3.8, 4) is 5.75 Å². The molecule has 0 spiro atoms. The normalized spacial score (nSPS) is 11.1. The molecule has 3 aromatic heterocycles. The smallest absolute Gasteiger partial charge is 0.258 e. The first-order chi connectivity index (χ1) is 13.6. The lowest BCUT2D eigenvalue weighted by Gasteiger charge is -2.07. The van der Waals surface area contributed by atoms with Gasteiger partial charge in [-0.1, -0.05) is 30.0 Å². The molecule has 3 heterocycles. The van der Waals surface area contributed by atoms with E-state index in [2.05, 4.69) is 20.5 Å². The van der Waals surface area contributed by atoms with Crippen LogP contribution in [0.25, 0.3) is 5.65 Å². The molecular formula is C19H18N6O2S. The summed E-state index contributed by atoms with van der Waals surface area (Å²) in [7, 11) is 1.64. The second-order valence-corrected chi connectivity index (χ2v) is 7.14. The van der Waals surface area contributed by atoms with E-state index in [1.165, 1.54) is 11.8 Å². The third-order valence-electron chi connectivity index (χ3n) is 4.27. The Bertz CT molecular complexity index is 1170. The molecule has 1 aromatic carbocycles. The maximum atomic E-state index is 12.4. The molecule has 0 aliphatic rings. The number of fused-ring (bicyclic) bond motifs is 1. The first kappa shape index (κ1) is 18.2. The van der Waals surface area contributed by atoms with Crippen molar-refractivity contribution >= 4 is 17.4 Å². The summed E-state index contributed by atoms with van der Waals surface area (Å²) < 4.78 is 8.50. The summed E-state index contributed by atoms with van der Waals surface area (Å²) in [6.45, 7) is 2.43. The molecule has 0 saturated carbocycles. The molecular weight excluding hydrogens is 376 g/mol. The van der Waals surface area contributed by atoms with Gasteiger partial charge in [-0.3, -0.25) is 9.20 Å². The number of pyridine rings is 1. The molecule has 0 unspecified atom stereocenters. The number of aromatic nitrogens is 6. The average molecular weight is 394 g/mol. The molecule has 0 fully saturated rings. The van der Waals surface area contributed by atoms with Crippen molar-refractivity contribution in [3.63, 3.8) is 0 Å². The van der Waals surface area contributed by atoms with E-state index >= 15 is 0 Å². The molecule has 0 radical (unpaired) electrons. The van der Waals surface area contributed by atoms with Gasteiger partial charge in [0.1, 0.15) is 11.4 Å². The van der Waals surface area contributed by atoms with Crippen molar-refractivity contribution in [1.29, 1.82) is 0 Å². The molecule has 0 atom stereocenters. The molecule has 0 aliphatic heterocycles. The number of aryl methyl sites for hydroxylation is 1. The van der Waals surface area contributed by atoms with Gasteiger partial charge in [0, 0.05) is 17.5 Å². The Labute approximate surface area is 165 Å². The number of nitrogens with zero attached hydrogens (tertiary/aromatic N) is 6. The number of thioether (sulfide) groups is 1. The van der Waals surface area contributed by atoms with E-state index in [0.717, 1.165) is 17.0 Å². The molecule has 0 bridgehead atoms. The van der Waals surface area contributed by atoms with E-state index < -0.39 is 0 Å². The number of hydrogen-bond acceptors (Lipinski definition) is 7. The van der Waals surface area contributed by atoms with Crippen LogP contribution in [0.1, 0.15) is 17.0 Å². The van der Waals surface area contributed by atoms with Crippen LogP contribution in [0, 0.1) is 6.92 Å². The van der Waals surface area contributed by atoms with Gasteiger partial charge in [0.05, 0.1) is 19.3 Å². The van der Waals surface area contributed by atoms with Crippen LogP contribution in [0.3, 0.4) is 0 Å². The van der Waals surface area contributed by atoms with Crippen molar-refractivity contribution in [1.82, 2.24) is 29.6 Å². The van der Waals surface area contributed by atoms with Crippen molar-refractivity contribution in [3.05, 3.63) is 75.8 Å². The van der Waals surface area contributed by atoms with Crippen molar-refractivity contribution < 1.29 is 4.74 Å². The topological polar surface area (TPSA) is 87.2 Å². The maximum absolute atomic E-state index is 12.4. The molecule has 0 N–H and O–H groups in total. The minimum atomic E-state index is -0.0866. The molecule has 9 heteroatoms. The minimum Gasteiger partial charge on any atom is -0.497 e. The van der Waals surface area contributed by atoms with Gasteiger partial charge in [-0.2, -0.15) is 0 Å². The zero-order valence-corrected chi connectivity index (χ0v) is 16.3. The predicted octanol–water partition coefficient (Wildman–Crippen LogP) is 2.34. The van der Waals surface area contributed by atoms with Gasteiger partial charge in [-0.25, -0.2) is 9.67 Å². The van der Waals surface area contributed by atoms with Crippen LogP contribution >= 0.6 is 11.8 Å². The Morgan fingerprint density at radius 3 is 2.75 bits per heavy atom. The lowest BCUT2D eigenvalue weighted by atomic mass is 10.2. The summed E-state index contributed by atoms with van der Waals surface area (Å²) in [5, 5.41) is 12.6. The number of ether oxygens (including phenoxy) is 1. The number of rotatable bonds is 6. The van der Waals surface area contributed by atoms with E-state index in [4.69, 9.17) is 4.74 Å². The summed E-state index contributed by atoms with van der Waals surface area (Å²) in [6, 6.07) is 14.9. The van der Waals surface area contributed by atoms with Crippen LogP contribution in [0.15, 0.2) is 58.5 Å². The van der Waals surface area contributed by atoms with Crippen molar-refractivity contribution in [2.75, 3.05) is 7.11 Å². The number of hydrogen-bond donors (Lipinski definition) is 0. The Morgan fingerprint density at radius 2 is 1.96 bits per heavy atom. The zero-order valence-electron chi connectivity index (χ0n) is 15.4. The van der Waals surface area contributed by atoms with Gasteiger partial charge < -0.3 is 4.74 Å². The van der Waals surface area contributed by atoms with Gasteiger partial charge in [0.15, 0.2) is 0 Å². The Balaban J connectivity index is 1.51. The zero-order chi connectivity index (χ0) is 19.5. The van der Waals surface area contributed by atoms with E-state index in [1.807, 2.05) is 49.4 Å². The highest BCUT2D eigenvalue weighted by molar-refractivity contribution is 7.98. The molecule has 4 rings (SSSR count). The third-order valence-corrected chi connectivity index (χ3v) is 5.26. The fourth-order valence-corrected chi connectivity index (χ4v) is 3.65. The van der Waals surface area contributed by atoms with Gasteiger partial charge in [0.25, 0.3) is 5.56 Å². The second-order valence-electron chi connectivity index (χ2n) is 6.20. The fraction of sp³-hybridized carbons (Fsp3) is 0.211. The summed E-state index contributed by atoms with van der Waals surface area (Å²) in [6.07, 6.45) is 0. The largest absolute Gasteiger partial charge is 0.497 e. The summed E-state index contributed by atoms with van der Waals surface area (Å²) >= 11 is 1.45. The van der Waals surface area contributed by atoms with Crippen LogP contribution in [-0.4, -0.2) is 36.7 Å². The number of methoxy groups -OCH3 is 1. The Kier molecular flexibility index (Phi) is 5.07. The highest BCUT2D eigenvalue weighted by Crippen LogP contribution is 2.20. The highest BCUT2D eigenvalue weighted by Gasteiger charge is 2.10. The second kappa shape index (κ2) is 7.81.